The van der Waals surface area contributed by atoms with Crippen LogP contribution in [0.4, 0.5) is 0 Å². The maximum absolute atomic E-state index is 12.6. The van der Waals surface area contributed by atoms with Gasteiger partial charge in [0.1, 0.15) is 11.4 Å². The van der Waals surface area contributed by atoms with E-state index in [4.69, 9.17) is 9.47 Å². The summed E-state index contributed by atoms with van der Waals surface area (Å²) in [6, 6.07) is 0. The number of ether oxygens (including phenoxy) is 2. The smallest absolute Gasteiger partial charge is 0.145 e. The average molecular weight is 264 g/mol. The molecule has 4 rings (SSSR count). The van der Waals surface area contributed by atoms with Gasteiger partial charge in [0.15, 0.2) is 0 Å². The van der Waals surface area contributed by atoms with E-state index in [1.54, 1.807) is 0 Å². The lowest BCUT2D eigenvalue weighted by Crippen LogP contribution is -2.64. The lowest BCUT2D eigenvalue weighted by Gasteiger charge is -2.56. The van der Waals surface area contributed by atoms with E-state index in [1.807, 2.05) is 19.9 Å². The van der Waals surface area contributed by atoms with Gasteiger partial charge in [-0.05, 0) is 25.8 Å². The molecule has 104 valence electrons. The molecule has 0 amide bonds. The third-order valence-corrected chi connectivity index (χ3v) is 6.39. The molecule has 2 aliphatic carbocycles. The van der Waals surface area contributed by atoms with Gasteiger partial charge in [-0.15, -0.1) is 0 Å². The van der Waals surface area contributed by atoms with E-state index in [0.717, 1.165) is 5.57 Å². The number of aliphatic hydroxyl groups excluding tert-OH is 1. The summed E-state index contributed by atoms with van der Waals surface area (Å²) >= 11 is 0. The first-order chi connectivity index (χ1) is 8.85. The molecule has 2 bridgehead atoms. The minimum Gasteiger partial charge on any atom is -0.389 e. The highest BCUT2D eigenvalue weighted by Gasteiger charge is 2.81. The topological polar surface area (TPSA) is 59.1 Å². The van der Waals surface area contributed by atoms with Crippen molar-refractivity contribution >= 4 is 5.78 Å². The number of fused-ring (bicyclic) bond motifs is 2. The van der Waals surface area contributed by atoms with Crippen LogP contribution in [-0.4, -0.2) is 41.4 Å². The zero-order valence-electron chi connectivity index (χ0n) is 11.6. The van der Waals surface area contributed by atoms with E-state index < -0.39 is 17.1 Å². The number of carbonyl (C=O) groups excluding carboxylic acids is 1. The Labute approximate surface area is 112 Å². The second-order valence-electron chi connectivity index (χ2n) is 7.02. The Bertz CT molecular complexity index is 506. The Balaban J connectivity index is 1.90. The summed E-state index contributed by atoms with van der Waals surface area (Å²) in [5.74, 6) is 0.236. The first-order valence-electron chi connectivity index (χ1n) is 7.04. The maximum atomic E-state index is 12.6. The molecule has 4 aliphatic rings. The number of carbonyl (C=O) groups is 1. The normalized spacial score (nSPS) is 59.1. The summed E-state index contributed by atoms with van der Waals surface area (Å²) in [5, 5.41) is 10.2. The third-order valence-electron chi connectivity index (χ3n) is 6.39. The highest BCUT2D eigenvalue weighted by Crippen LogP contribution is 2.69. The molecule has 19 heavy (non-hydrogen) atoms. The van der Waals surface area contributed by atoms with E-state index in [-0.39, 0.29) is 23.4 Å². The molecule has 2 aliphatic heterocycles. The first kappa shape index (κ1) is 12.1. The molecule has 4 nitrogen and oxygen atoms in total. The molecule has 0 aromatic carbocycles. The number of aliphatic hydroxyl groups is 1. The number of epoxide rings is 1. The zero-order valence-corrected chi connectivity index (χ0v) is 11.6. The van der Waals surface area contributed by atoms with Crippen molar-refractivity contribution in [3.05, 3.63) is 11.6 Å². The Hall–Kier alpha value is -0.710. The molecule has 1 spiro atoms. The van der Waals surface area contributed by atoms with Gasteiger partial charge in [0, 0.05) is 11.8 Å². The van der Waals surface area contributed by atoms with Gasteiger partial charge >= 0.3 is 0 Å². The molecule has 0 aromatic rings. The van der Waals surface area contributed by atoms with Crippen LogP contribution >= 0.6 is 0 Å². The fourth-order valence-electron chi connectivity index (χ4n) is 4.68. The van der Waals surface area contributed by atoms with Crippen molar-refractivity contribution in [2.24, 2.45) is 10.8 Å². The van der Waals surface area contributed by atoms with E-state index in [0.29, 0.717) is 19.4 Å². The summed E-state index contributed by atoms with van der Waals surface area (Å²) in [4.78, 5) is 12.6. The van der Waals surface area contributed by atoms with Crippen LogP contribution < -0.4 is 0 Å². The minimum absolute atomic E-state index is 0.0906. The quantitative estimate of drug-likeness (QED) is 0.528. The van der Waals surface area contributed by atoms with Crippen molar-refractivity contribution in [2.75, 3.05) is 6.61 Å². The van der Waals surface area contributed by atoms with Crippen molar-refractivity contribution in [3.63, 3.8) is 0 Å². The maximum Gasteiger partial charge on any atom is 0.145 e. The molecule has 6 unspecified atom stereocenters. The van der Waals surface area contributed by atoms with Gasteiger partial charge in [-0.1, -0.05) is 13.0 Å². The van der Waals surface area contributed by atoms with E-state index in [2.05, 4.69) is 6.92 Å². The van der Waals surface area contributed by atoms with Gasteiger partial charge in [0.2, 0.25) is 0 Å². The van der Waals surface area contributed by atoms with Crippen molar-refractivity contribution in [1.82, 2.24) is 0 Å². The summed E-state index contributed by atoms with van der Waals surface area (Å²) in [6.07, 6.45) is 2.34. The van der Waals surface area contributed by atoms with Gasteiger partial charge < -0.3 is 14.6 Å². The average Bonchev–Trinajstić information content (AvgIpc) is 3.10. The van der Waals surface area contributed by atoms with Crippen molar-refractivity contribution in [2.45, 2.75) is 57.5 Å². The highest BCUT2D eigenvalue weighted by molar-refractivity contribution is 5.92. The lowest BCUT2D eigenvalue weighted by molar-refractivity contribution is -0.198. The van der Waals surface area contributed by atoms with Crippen LogP contribution in [0.5, 0.6) is 0 Å². The number of hydrogen-bond acceptors (Lipinski definition) is 4. The van der Waals surface area contributed by atoms with E-state index >= 15 is 0 Å². The molecule has 2 saturated heterocycles. The van der Waals surface area contributed by atoms with Crippen LogP contribution in [0.3, 0.4) is 0 Å². The number of rotatable bonds is 0. The van der Waals surface area contributed by atoms with Crippen molar-refractivity contribution in [1.29, 1.82) is 0 Å². The second-order valence-corrected chi connectivity index (χ2v) is 7.02. The third kappa shape index (κ3) is 1.08. The molecule has 2 heterocycles. The lowest BCUT2D eigenvalue weighted by atomic mass is 9.52. The molecule has 0 radical (unpaired) electrons. The van der Waals surface area contributed by atoms with Crippen LogP contribution in [0.2, 0.25) is 0 Å². The molecule has 6 atom stereocenters. The largest absolute Gasteiger partial charge is 0.389 e. The Morgan fingerprint density at radius 2 is 2.11 bits per heavy atom. The number of hydrogen-bond donors (Lipinski definition) is 1. The minimum atomic E-state index is -0.536. The van der Waals surface area contributed by atoms with Crippen LogP contribution in [0.25, 0.3) is 0 Å². The molecule has 4 heteroatoms. The van der Waals surface area contributed by atoms with Crippen LogP contribution in [0.15, 0.2) is 11.6 Å². The zero-order chi connectivity index (χ0) is 13.6. The number of ketones is 1. The Kier molecular flexibility index (Phi) is 1.99. The predicted molar refractivity (Wildman–Crippen MR) is 67.6 cm³/mol. The predicted octanol–water partition coefficient (Wildman–Crippen LogP) is 1.22. The molecule has 1 saturated carbocycles. The van der Waals surface area contributed by atoms with Gasteiger partial charge in [0.25, 0.3) is 0 Å². The summed E-state index contributed by atoms with van der Waals surface area (Å²) in [7, 11) is 0. The molecular weight excluding hydrogens is 244 g/mol. The van der Waals surface area contributed by atoms with E-state index in [1.165, 1.54) is 0 Å². The van der Waals surface area contributed by atoms with Gasteiger partial charge in [-0.25, -0.2) is 0 Å². The first-order valence-corrected chi connectivity index (χ1v) is 7.04. The summed E-state index contributed by atoms with van der Waals surface area (Å²) < 4.78 is 11.9. The SMILES string of the molecule is CC1=CC2OC3CC(=O)C(C)(C2(C)CC1O)C31CO1. The summed E-state index contributed by atoms with van der Waals surface area (Å²) in [6.45, 7) is 6.64. The van der Waals surface area contributed by atoms with Crippen LogP contribution in [0, 0.1) is 10.8 Å². The van der Waals surface area contributed by atoms with Gasteiger partial charge in [-0.3, -0.25) is 4.79 Å². The fraction of sp³-hybridized carbons (Fsp3) is 0.800. The van der Waals surface area contributed by atoms with Gasteiger partial charge in [-0.2, -0.15) is 0 Å². The Morgan fingerprint density at radius 1 is 1.42 bits per heavy atom. The van der Waals surface area contributed by atoms with E-state index in [9.17, 15) is 9.90 Å². The number of Topliss-reactive ketones (excluding diaryl/α,β-unsaturated/α-hetero) is 1. The molecule has 1 N–H and O–H groups in total. The van der Waals surface area contributed by atoms with Gasteiger partial charge in [0.05, 0.1) is 30.3 Å². The second kappa shape index (κ2) is 3.13. The van der Waals surface area contributed by atoms with Crippen molar-refractivity contribution < 1.29 is 19.4 Å². The van der Waals surface area contributed by atoms with Crippen molar-refractivity contribution in [3.8, 4) is 0 Å². The van der Waals surface area contributed by atoms with Crippen LogP contribution in [-0.2, 0) is 14.3 Å². The Morgan fingerprint density at radius 3 is 2.74 bits per heavy atom. The molecule has 3 fully saturated rings. The molecule has 0 aromatic heterocycles. The summed E-state index contributed by atoms with van der Waals surface area (Å²) in [5.41, 5.74) is -0.391. The molecular formula is C15H20O4. The fourth-order valence-corrected chi connectivity index (χ4v) is 4.68. The standard InChI is InChI=1S/C15H20O4/c1-8-4-11-13(2,6-9(8)16)14(3)10(17)5-12(19-11)15(14)7-18-15/h4,9,11-12,16H,5-7H2,1-3H3. The monoisotopic (exact) mass is 264 g/mol. The van der Waals surface area contributed by atoms with Crippen LogP contribution in [0.1, 0.15) is 33.6 Å². The highest BCUT2D eigenvalue weighted by atomic mass is 16.6.